The predicted octanol–water partition coefficient (Wildman–Crippen LogP) is 4.11. The first kappa shape index (κ1) is 16.3. The van der Waals surface area contributed by atoms with Crippen LogP contribution in [0.1, 0.15) is 30.7 Å². The van der Waals surface area contributed by atoms with Crippen LogP contribution in [0.15, 0.2) is 39.5 Å². The maximum Gasteiger partial charge on any atom is 0.336 e. The molecule has 27 heavy (non-hydrogen) atoms. The van der Waals surface area contributed by atoms with E-state index in [1.807, 2.05) is 6.92 Å². The number of aromatic nitrogens is 4. The summed E-state index contributed by atoms with van der Waals surface area (Å²) in [6.07, 6.45) is 1.09. The van der Waals surface area contributed by atoms with Crippen LogP contribution in [0, 0.1) is 12.8 Å². The molecule has 1 fully saturated rings. The zero-order chi connectivity index (χ0) is 18.7. The second-order valence-corrected chi connectivity index (χ2v) is 7.36. The van der Waals surface area contributed by atoms with Gasteiger partial charge in [0.2, 0.25) is 5.88 Å². The van der Waals surface area contributed by atoms with Crippen molar-refractivity contribution < 1.29 is 9.15 Å². The molecule has 0 N–H and O–H groups in total. The number of halogens is 1. The monoisotopic (exact) mass is 382 g/mol. The molecule has 0 spiro atoms. The van der Waals surface area contributed by atoms with E-state index in [-0.39, 0.29) is 0 Å². The van der Waals surface area contributed by atoms with Crippen molar-refractivity contribution in [3.63, 3.8) is 0 Å². The van der Waals surface area contributed by atoms with Gasteiger partial charge >= 0.3 is 5.63 Å². The Labute approximate surface area is 158 Å². The van der Waals surface area contributed by atoms with E-state index >= 15 is 0 Å². The van der Waals surface area contributed by atoms with Crippen molar-refractivity contribution in [2.45, 2.75) is 26.2 Å². The summed E-state index contributed by atoms with van der Waals surface area (Å²) in [7, 11) is 0. The molecule has 8 heteroatoms. The fraction of sp³-hybridized carbons (Fsp3) is 0.263. The number of hydrogen-bond acceptors (Lipinski definition) is 6. The molecule has 5 rings (SSSR count). The summed E-state index contributed by atoms with van der Waals surface area (Å²) in [6, 6.07) is 8.26. The Morgan fingerprint density at radius 3 is 2.85 bits per heavy atom. The van der Waals surface area contributed by atoms with Gasteiger partial charge in [0.25, 0.3) is 0 Å². The van der Waals surface area contributed by atoms with Gasteiger partial charge in [-0.25, -0.2) is 4.79 Å². The number of benzene rings is 1. The van der Waals surface area contributed by atoms with Crippen molar-refractivity contribution in [3.8, 4) is 11.6 Å². The van der Waals surface area contributed by atoms with E-state index in [4.69, 9.17) is 20.8 Å². The Kier molecular flexibility index (Phi) is 3.48. The number of hydrogen-bond donors (Lipinski definition) is 0. The SMILES string of the molecule is Cc1cc(=O)oc2cc(Oc3ccc4nnc(C5CC5C)n4n3)c(Cl)cc12. The smallest absolute Gasteiger partial charge is 0.336 e. The molecule has 7 nitrogen and oxygen atoms in total. The van der Waals surface area contributed by atoms with Crippen molar-refractivity contribution in [3.05, 3.63) is 57.2 Å². The van der Waals surface area contributed by atoms with Gasteiger partial charge in [-0.15, -0.1) is 15.3 Å². The lowest BCUT2D eigenvalue weighted by Crippen LogP contribution is -2.01. The number of fused-ring (bicyclic) bond motifs is 2. The Morgan fingerprint density at radius 2 is 2.07 bits per heavy atom. The van der Waals surface area contributed by atoms with Crippen molar-refractivity contribution in [1.82, 2.24) is 19.8 Å². The molecule has 0 bridgehead atoms. The van der Waals surface area contributed by atoms with E-state index < -0.39 is 5.63 Å². The molecule has 0 amide bonds. The molecular formula is C19H15ClN4O3. The molecule has 0 aliphatic heterocycles. The maximum atomic E-state index is 11.6. The third kappa shape index (κ3) is 2.75. The molecule has 1 saturated carbocycles. The third-order valence-corrected chi connectivity index (χ3v) is 5.22. The van der Waals surface area contributed by atoms with Crippen LogP contribution in [0.25, 0.3) is 16.6 Å². The summed E-state index contributed by atoms with van der Waals surface area (Å²) in [6.45, 7) is 4.01. The predicted molar refractivity (Wildman–Crippen MR) is 99.6 cm³/mol. The quantitative estimate of drug-likeness (QED) is 0.496. The van der Waals surface area contributed by atoms with Crippen LogP contribution in [0.5, 0.6) is 11.6 Å². The molecule has 3 aromatic heterocycles. The maximum absolute atomic E-state index is 11.6. The van der Waals surface area contributed by atoms with Crippen LogP contribution in [-0.4, -0.2) is 19.8 Å². The minimum Gasteiger partial charge on any atom is -0.436 e. The molecule has 1 aliphatic carbocycles. The summed E-state index contributed by atoms with van der Waals surface area (Å²) in [5.41, 5.74) is 1.46. The van der Waals surface area contributed by atoms with Gasteiger partial charge in [-0.1, -0.05) is 18.5 Å². The number of rotatable bonds is 3. The Hall–Kier alpha value is -2.93. The van der Waals surface area contributed by atoms with Crippen LogP contribution in [0.4, 0.5) is 0 Å². The molecule has 2 unspecified atom stereocenters. The first-order chi connectivity index (χ1) is 13.0. The molecule has 2 atom stereocenters. The topological polar surface area (TPSA) is 82.5 Å². The molecule has 0 radical (unpaired) electrons. The third-order valence-electron chi connectivity index (χ3n) is 4.92. The Morgan fingerprint density at radius 1 is 1.26 bits per heavy atom. The van der Waals surface area contributed by atoms with E-state index in [0.717, 1.165) is 23.2 Å². The number of ether oxygens (including phenoxy) is 1. The molecule has 3 heterocycles. The van der Waals surface area contributed by atoms with Crippen LogP contribution in [0.3, 0.4) is 0 Å². The van der Waals surface area contributed by atoms with Gasteiger partial charge in [0.1, 0.15) is 5.58 Å². The standard InChI is InChI=1S/C19H15ClN4O3/c1-9-5-12(9)19-22-21-16-3-4-17(23-24(16)19)26-15-8-14-11(7-13(15)20)10(2)6-18(25)27-14/h3-4,6-9,12H,5H2,1-2H3. The lowest BCUT2D eigenvalue weighted by atomic mass is 10.1. The van der Waals surface area contributed by atoms with Crippen molar-refractivity contribution in [2.75, 3.05) is 0 Å². The molecule has 0 saturated heterocycles. The minimum absolute atomic E-state index is 0.355. The summed E-state index contributed by atoms with van der Waals surface area (Å²) < 4.78 is 12.9. The summed E-state index contributed by atoms with van der Waals surface area (Å²) in [4.78, 5) is 11.6. The highest BCUT2D eigenvalue weighted by atomic mass is 35.5. The highest BCUT2D eigenvalue weighted by Gasteiger charge is 2.38. The second kappa shape index (κ2) is 5.79. The largest absolute Gasteiger partial charge is 0.436 e. The molecular weight excluding hydrogens is 368 g/mol. The van der Waals surface area contributed by atoms with Crippen LogP contribution < -0.4 is 10.4 Å². The molecule has 4 aromatic rings. The average Bonchev–Trinajstić information content (AvgIpc) is 3.20. The lowest BCUT2D eigenvalue weighted by molar-refractivity contribution is 0.450. The van der Waals surface area contributed by atoms with E-state index in [1.165, 1.54) is 6.07 Å². The van der Waals surface area contributed by atoms with E-state index in [2.05, 4.69) is 22.2 Å². The van der Waals surface area contributed by atoms with Crippen molar-refractivity contribution >= 4 is 28.2 Å². The zero-order valence-corrected chi connectivity index (χ0v) is 15.4. The van der Waals surface area contributed by atoms with Crippen LogP contribution in [-0.2, 0) is 0 Å². The highest BCUT2D eigenvalue weighted by Crippen LogP contribution is 2.46. The molecule has 1 aliphatic rings. The summed E-state index contributed by atoms with van der Waals surface area (Å²) >= 11 is 6.37. The van der Waals surface area contributed by atoms with Crippen LogP contribution in [0.2, 0.25) is 5.02 Å². The normalized spacial score (nSPS) is 18.9. The van der Waals surface area contributed by atoms with Crippen LogP contribution >= 0.6 is 11.6 Å². The van der Waals surface area contributed by atoms with Gasteiger partial charge in [0.05, 0.1) is 5.02 Å². The van der Waals surface area contributed by atoms with E-state index in [9.17, 15) is 4.79 Å². The summed E-state index contributed by atoms with van der Waals surface area (Å²) in [5, 5.41) is 14.1. The van der Waals surface area contributed by atoms with Gasteiger partial charge in [-0.2, -0.15) is 4.52 Å². The van der Waals surface area contributed by atoms with Crippen molar-refractivity contribution in [2.24, 2.45) is 5.92 Å². The number of nitrogens with zero attached hydrogens (tertiary/aromatic N) is 4. The Bertz CT molecular complexity index is 1260. The minimum atomic E-state index is -0.416. The Balaban J connectivity index is 1.56. The fourth-order valence-electron chi connectivity index (χ4n) is 3.27. The second-order valence-electron chi connectivity index (χ2n) is 6.95. The van der Waals surface area contributed by atoms with Gasteiger partial charge in [-0.3, -0.25) is 0 Å². The van der Waals surface area contributed by atoms with E-state index in [1.54, 1.807) is 28.8 Å². The van der Waals surface area contributed by atoms with E-state index in [0.29, 0.717) is 39.7 Å². The van der Waals surface area contributed by atoms with Gasteiger partial charge in [0.15, 0.2) is 17.2 Å². The highest BCUT2D eigenvalue weighted by molar-refractivity contribution is 6.32. The van der Waals surface area contributed by atoms with Gasteiger partial charge in [0, 0.05) is 29.5 Å². The fourth-order valence-corrected chi connectivity index (χ4v) is 3.47. The first-order valence-electron chi connectivity index (χ1n) is 8.64. The van der Waals surface area contributed by atoms with Gasteiger partial charge < -0.3 is 9.15 Å². The van der Waals surface area contributed by atoms with Crippen molar-refractivity contribution in [1.29, 1.82) is 0 Å². The average molecular weight is 383 g/mol. The number of aryl methyl sites for hydroxylation is 1. The van der Waals surface area contributed by atoms with Gasteiger partial charge in [-0.05, 0) is 37.0 Å². The summed E-state index contributed by atoms with van der Waals surface area (Å²) in [5.74, 6) is 2.52. The zero-order valence-electron chi connectivity index (χ0n) is 14.6. The first-order valence-corrected chi connectivity index (χ1v) is 9.01. The molecule has 1 aromatic carbocycles. The molecule has 136 valence electrons. The lowest BCUT2D eigenvalue weighted by Gasteiger charge is -2.09.